The van der Waals surface area contributed by atoms with Crippen LogP contribution < -0.4 is 16.8 Å². The predicted octanol–water partition coefficient (Wildman–Crippen LogP) is 1.11. The lowest BCUT2D eigenvalue weighted by atomic mass is 10.1. The molecule has 0 aliphatic heterocycles. The number of benzene rings is 1. The molecule has 1 aromatic rings. The Hall–Kier alpha value is -1.59. The van der Waals surface area contributed by atoms with E-state index >= 15 is 0 Å². The van der Waals surface area contributed by atoms with Gasteiger partial charge in [-0.05, 0) is 24.6 Å². The quantitative estimate of drug-likeness (QED) is 0.752. The number of halogens is 1. The summed E-state index contributed by atoms with van der Waals surface area (Å²) in [6.45, 7) is 1.80. The molecule has 92 valence electrons. The number of nitrogens with two attached hydrogens (primary N) is 2. The zero-order valence-corrected chi connectivity index (χ0v) is 10.1. The van der Waals surface area contributed by atoms with Crippen LogP contribution in [-0.2, 0) is 4.79 Å². The monoisotopic (exact) mass is 255 g/mol. The number of anilines is 1. The molecule has 1 atom stereocenters. The van der Waals surface area contributed by atoms with Gasteiger partial charge in [-0.3, -0.25) is 9.59 Å². The lowest BCUT2D eigenvalue weighted by molar-refractivity contribution is -0.117. The summed E-state index contributed by atoms with van der Waals surface area (Å²) in [6.07, 6.45) is 0.513. The first-order chi connectivity index (χ1) is 7.95. The van der Waals surface area contributed by atoms with Crippen LogP contribution in [-0.4, -0.2) is 17.9 Å². The Kier molecular flexibility index (Phi) is 4.48. The van der Waals surface area contributed by atoms with Crippen molar-refractivity contribution in [2.45, 2.75) is 19.4 Å². The molecule has 0 aromatic heterocycles. The van der Waals surface area contributed by atoms with Crippen LogP contribution in [0.1, 0.15) is 23.7 Å². The first-order valence-corrected chi connectivity index (χ1v) is 5.49. The first-order valence-electron chi connectivity index (χ1n) is 5.11. The molecule has 5 nitrogen and oxygen atoms in total. The van der Waals surface area contributed by atoms with Gasteiger partial charge in [-0.25, -0.2) is 0 Å². The van der Waals surface area contributed by atoms with Crippen molar-refractivity contribution in [2.75, 3.05) is 5.32 Å². The minimum absolute atomic E-state index is 0.273. The van der Waals surface area contributed by atoms with Gasteiger partial charge in [0, 0.05) is 5.56 Å². The van der Waals surface area contributed by atoms with Crippen LogP contribution >= 0.6 is 11.6 Å². The van der Waals surface area contributed by atoms with Crippen LogP contribution in [0.3, 0.4) is 0 Å². The number of nitrogens with one attached hydrogen (secondary N) is 1. The molecule has 0 spiro atoms. The molecule has 0 unspecified atom stereocenters. The van der Waals surface area contributed by atoms with E-state index < -0.39 is 11.9 Å². The van der Waals surface area contributed by atoms with E-state index in [-0.39, 0.29) is 11.5 Å². The Morgan fingerprint density at radius 3 is 2.65 bits per heavy atom. The molecule has 1 rings (SSSR count). The third kappa shape index (κ3) is 3.44. The zero-order valence-electron chi connectivity index (χ0n) is 9.37. The van der Waals surface area contributed by atoms with E-state index in [0.29, 0.717) is 17.1 Å². The van der Waals surface area contributed by atoms with Gasteiger partial charge in [0.1, 0.15) is 0 Å². The van der Waals surface area contributed by atoms with E-state index in [1.807, 2.05) is 0 Å². The summed E-state index contributed by atoms with van der Waals surface area (Å²) in [7, 11) is 0. The Balaban J connectivity index is 2.94. The highest BCUT2D eigenvalue weighted by molar-refractivity contribution is 6.34. The average molecular weight is 256 g/mol. The number of carbonyl (C=O) groups excluding carboxylic acids is 2. The third-order valence-corrected chi connectivity index (χ3v) is 2.61. The van der Waals surface area contributed by atoms with Crippen molar-refractivity contribution < 1.29 is 9.59 Å². The second-order valence-electron chi connectivity index (χ2n) is 3.56. The number of hydrogen-bond donors (Lipinski definition) is 3. The summed E-state index contributed by atoms with van der Waals surface area (Å²) in [6, 6.07) is 3.79. The van der Waals surface area contributed by atoms with Gasteiger partial charge in [0.2, 0.25) is 11.8 Å². The molecule has 0 bridgehead atoms. The average Bonchev–Trinajstić information content (AvgIpc) is 2.30. The van der Waals surface area contributed by atoms with E-state index in [1.54, 1.807) is 6.92 Å². The van der Waals surface area contributed by atoms with Crippen LogP contribution in [0.4, 0.5) is 5.69 Å². The minimum Gasteiger partial charge on any atom is -0.366 e. The molecule has 6 heteroatoms. The summed E-state index contributed by atoms with van der Waals surface area (Å²) < 4.78 is 0. The Morgan fingerprint density at radius 1 is 1.47 bits per heavy atom. The maximum Gasteiger partial charge on any atom is 0.248 e. The molecule has 0 heterocycles. The van der Waals surface area contributed by atoms with Crippen molar-refractivity contribution >= 4 is 29.1 Å². The van der Waals surface area contributed by atoms with Gasteiger partial charge in [0.05, 0.1) is 16.8 Å². The Morgan fingerprint density at radius 2 is 2.12 bits per heavy atom. The standard InChI is InChI=1S/C11H14ClN3O2/c1-2-8(13)11(17)15-9-5-6(10(14)16)3-4-7(9)12/h3-5,8H,2,13H2,1H3,(H2,14,16)(H,15,17)/t8-/m1/s1. The van der Waals surface area contributed by atoms with E-state index in [0.717, 1.165) is 0 Å². The highest BCUT2D eigenvalue weighted by atomic mass is 35.5. The molecular weight excluding hydrogens is 242 g/mol. The Labute approximate surface area is 104 Å². The largest absolute Gasteiger partial charge is 0.366 e. The van der Waals surface area contributed by atoms with Gasteiger partial charge < -0.3 is 16.8 Å². The molecule has 0 aliphatic carbocycles. The number of rotatable bonds is 4. The third-order valence-electron chi connectivity index (χ3n) is 2.29. The molecule has 0 radical (unpaired) electrons. The summed E-state index contributed by atoms with van der Waals surface area (Å²) in [5.74, 6) is -0.937. The zero-order chi connectivity index (χ0) is 13.0. The van der Waals surface area contributed by atoms with Crippen LogP contribution in [0.2, 0.25) is 5.02 Å². The van der Waals surface area contributed by atoms with Gasteiger partial charge in [-0.2, -0.15) is 0 Å². The predicted molar refractivity (Wildman–Crippen MR) is 66.9 cm³/mol. The smallest absolute Gasteiger partial charge is 0.248 e. The van der Waals surface area contributed by atoms with Crippen LogP contribution in [0, 0.1) is 0 Å². The van der Waals surface area contributed by atoms with Crippen molar-refractivity contribution in [3.05, 3.63) is 28.8 Å². The topological polar surface area (TPSA) is 98.2 Å². The summed E-state index contributed by atoms with van der Waals surface area (Å²) in [4.78, 5) is 22.5. The second-order valence-corrected chi connectivity index (χ2v) is 3.97. The number of amides is 2. The molecule has 2 amide bonds. The fraction of sp³-hybridized carbons (Fsp3) is 0.273. The molecule has 0 aliphatic rings. The van der Waals surface area contributed by atoms with Gasteiger partial charge in [0.15, 0.2) is 0 Å². The highest BCUT2D eigenvalue weighted by Crippen LogP contribution is 2.23. The summed E-state index contributed by atoms with van der Waals surface area (Å²) >= 11 is 5.89. The van der Waals surface area contributed by atoms with Crippen LogP contribution in [0.15, 0.2) is 18.2 Å². The molecule has 1 aromatic carbocycles. The van der Waals surface area contributed by atoms with E-state index in [4.69, 9.17) is 23.1 Å². The molecule has 17 heavy (non-hydrogen) atoms. The van der Waals surface area contributed by atoms with Crippen molar-refractivity contribution in [3.8, 4) is 0 Å². The lowest BCUT2D eigenvalue weighted by Gasteiger charge is -2.11. The second kappa shape index (κ2) is 5.65. The fourth-order valence-electron chi connectivity index (χ4n) is 1.19. The Bertz CT molecular complexity index is 448. The minimum atomic E-state index is -0.608. The lowest BCUT2D eigenvalue weighted by Crippen LogP contribution is -2.34. The van der Waals surface area contributed by atoms with Gasteiger partial charge in [-0.1, -0.05) is 18.5 Å². The molecule has 5 N–H and O–H groups in total. The summed E-state index contributed by atoms with van der Waals surface area (Å²) in [5.41, 5.74) is 11.3. The van der Waals surface area contributed by atoms with Gasteiger partial charge >= 0.3 is 0 Å². The van der Waals surface area contributed by atoms with Crippen molar-refractivity contribution in [3.63, 3.8) is 0 Å². The van der Waals surface area contributed by atoms with Crippen LogP contribution in [0.25, 0.3) is 0 Å². The SMILES string of the molecule is CC[C@@H](N)C(=O)Nc1cc(C(N)=O)ccc1Cl. The number of hydrogen-bond acceptors (Lipinski definition) is 3. The number of primary amides is 1. The van der Waals surface area contributed by atoms with Crippen molar-refractivity contribution in [1.82, 2.24) is 0 Å². The normalized spacial score (nSPS) is 11.9. The van der Waals surface area contributed by atoms with E-state index in [1.165, 1.54) is 18.2 Å². The molecule has 0 saturated heterocycles. The van der Waals surface area contributed by atoms with Gasteiger partial charge in [-0.15, -0.1) is 0 Å². The fourth-order valence-corrected chi connectivity index (χ4v) is 1.35. The van der Waals surface area contributed by atoms with Crippen molar-refractivity contribution in [1.29, 1.82) is 0 Å². The molecule has 0 saturated carbocycles. The van der Waals surface area contributed by atoms with E-state index in [2.05, 4.69) is 5.32 Å². The first kappa shape index (κ1) is 13.5. The van der Waals surface area contributed by atoms with Gasteiger partial charge in [0.25, 0.3) is 0 Å². The molecule has 0 fully saturated rings. The maximum absolute atomic E-state index is 11.6. The number of carbonyl (C=O) groups is 2. The van der Waals surface area contributed by atoms with Crippen LogP contribution in [0.5, 0.6) is 0 Å². The highest BCUT2D eigenvalue weighted by Gasteiger charge is 2.13. The van der Waals surface area contributed by atoms with E-state index in [9.17, 15) is 9.59 Å². The van der Waals surface area contributed by atoms with Crippen molar-refractivity contribution in [2.24, 2.45) is 11.5 Å². The maximum atomic E-state index is 11.6. The molecular formula is C11H14ClN3O2. The summed E-state index contributed by atoms with van der Waals surface area (Å²) in [5, 5.41) is 2.88.